The minimum atomic E-state index is -3.80. The molecule has 0 aliphatic rings. The van der Waals surface area contributed by atoms with Crippen LogP contribution in [0, 0.1) is 6.92 Å². The number of carbonyl (C=O) groups is 1. The van der Waals surface area contributed by atoms with Crippen LogP contribution < -0.4 is 14.8 Å². The molecule has 0 saturated carbocycles. The van der Waals surface area contributed by atoms with Gasteiger partial charge in [-0.25, -0.2) is 13.1 Å². The van der Waals surface area contributed by atoms with Crippen molar-refractivity contribution in [2.75, 3.05) is 12.4 Å². The number of sulfonamides is 1. The Morgan fingerprint density at radius 2 is 1.67 bits per heavy atom. The lowest BCUT2D eigenvalue weighted by atomic mass is 10.0. The highest BCUT2D eigenvalue weighted by Gasteiger charge is 2.24. The third kappa shape index (κ3) is 5.68. The summed E-state index contributed by atoms with van der Waals surface area (Å²) in [5.41, 5.74) is 2.24. The predicted molar refractivity (Wildman–Crippen MR) is 117 cm³/mol. The van der Waals surface area contributed by atoms with Crippen molar-refractivity contribution >= 4 is 21.6 Å². The maximum atomic E-state index is 12.9. The van der Waals surface area contributed by atoms with E-state index in [0.29, 0.717) is 17.0 Å². The van der Waals surface area contributed by atoms with E-state index in [1.807, 2.05) is 25.1 Å². The number of carbonyl (C=O) groups excluding carboxylic acids is 1. The van der Waals surface area contributed by atoms with Crippen molar-refractivity contribution in [1.29, 1.82) is 0 Å². The Hall–Kier alpha value is -3.16. The van der Waals surface area contributed by atoms with Gasteiger partial charge in [-0.2, -0.15) is 0 Å². The molecule has 30 heavy (non-hydrogen) atoms. The molecule has 1 atom stereocenters. The van der Waals surface area contributed by atoms with Crippen molar-refractivity contribution in [3.8, 4) is 5.75 Å². The van der Waals surface area contributed by atoms with Gasteiger partial charge in [-0.1, -0.05) is 54.1 Å². The van der Waals surface area contributed by atoms with Gasteiger partial charge >= 0.3 is 0 Å². The van der Waals surface area contributed by atoms with Gasteiger partial charge in [0.1, 0.15) is 5.75 Å². The normalized spacial score (nSPS) is 12.2. The Labute approximate surface area is 177 Å². The lowest BCUT2D eigenvalue weighted by molar-refractivity contribution is -0.116. The van der Waals surface area contributed by atoms with Gasteiger partial charge in [0, 0.05) is 18.2 Å². The van der Waals surface area contributed by atoms with E-state index in [1.54, 1.807) is 67.8 Å². The predicted octanol–water partition coefficient (Wildman–Crippen LogP) is 4.05. The molecule has 156 valence electrons. The quantitative estimate of drug-likeness (QED) is 0.571. The topological polar surface area (TPSA) is 84.5 Å². The lowest BCUT2D eigenvalue weighted by Crippen LogP contribution is -2.31. The first-order valence-electron chi connectivity index (χ1n) is 9.45. The van der Waals surface area contributed by atoms with Crippen LogP contribution in [-0.4, -0.2) is 21.4 Å². The van der Waals surface area contributed by atoms with Crippen LogP contribution >= 0.6 is 0 Å². The molecule has 0 bridgehead atoms. The van der Waals surface area contributed by atoms with Crippen LogP contribution in [0.15, 0.2) is 83.8 Å². The smallest absolute Gasteiger partial charge is 0.241 e. The van der Waals surface area contributed by atoms with Gasteiger partial charge in [-0.3, -0.25) is 4.79 Å². The van der Waals surface area contributed by atoms with E-state index < -0.39 is 16.1 Å². The van der Waals surface area contributed by atoms with Crippen LogP contribution in [0.25, 0.3) is 0 Å². The summed E-state index contributed by atoms with van der Waals surface area (Å²) >= 11 is 0. The number of amides is 1. The van der Waals surface area contributed by atoms with Crippen molar-refractivity contribution in [3.05, 3.63) is 90.0 Å². The molecule has 3 aromatic carbocycles. The maximum Gasteiger partial charge on any atom is 0.241 e. The second kappa shape index (κ2) is 9.56. The zero-order valence-electron chi connectivity index (χ0n) is 16.8. The zero-order chi connectivity index (χ0) is 21.6. The lowest BCUT2D eigenvalue weighted by Gasteiger charge is -2.19. The molecule has 0 aromatic heterocycles. The number of hydrogen-bond donors (Lipinski definition) is 2. The second-order valence-electron chi connectivity index (χ2n) is 6.88. The van der Waals surface area contributed by atoms with Crippen molar-refractivity contribution in [3.63, 3.8) is 0 Å². The fourth-order valence-electron chi connectivity index (χ4n) is 2.98. The number of rotatable bonds is 8. The van der Waals surface area contributed by atoms with Gasteiger partial charge in [-0.15, -0.1) is 0 Å². The highest BCUT2D eigenvalue weighted by atomic mass is 32.2. The van der Waals surface area contributed by atoms with Gasteiger partial charge in [0.05, 0.1) is 18.0 Å². The molecular formula is C23H24N2O4S. The molecule has 0 spiro atoms. The average molecular weight is 425 g/mol. The summed E-state index contributed by atoms with van der Waals surface area (Å²) in [5, 5.41) is 2.80. The number of ether oxygens (including phenoxy) is 1. The highest BCUT2D eigenvalue weighted by Crippen LogP contribution is 2.22. The number of benzene rings is 3. The van der Waals surface area contributed by atoms with Crippen LogP contribution in [0.1, 0.15) is 23.6 Å². The molecule has 0 aliphatic heterocycles. The van der Waals surface area contributed by atoms with Crippen LogP contribution in [0.5, 0.6) is 5.75 Å². The van der Waals surface area contributed by atoms with Gasteiger partial charge < -0.3 is 10.1 Å². The first-order chi connectivity index (χ1) is 14.4. The van der Waals surface area contributed by atoms with Gasteiger partial charge in [-0.05, 0) is 36.8 Å². The first-order valence-corrected chi connectivity index (χ1v) is 10.9. The first kappa shape index (κ1) is 21.5. The Morgan fingerprint density at radius 1 is 0.967 bits per heavy atom. The average Bonchev–Trinajstić information content (AvgIpc) is 2.74. The zero-order valence-corrected chi connectivity index (χ0v) is 17.6. The molecular weight excluding hydrogens is 400 g/mol. The standard InChI is InChI=1S/C23H24N2O4S/c1-17-11-13-21(14-12-17)30(27,28)25-22(18-7-4-3-5-8-18)16-23(26)24-19-9-6-10-20(15-19)29-2/h3-15,22,25H,16H2,1-2H3,(H,24,26)/t22-/m1/s1. The summed E-state index contributed by atoms with van der Waals surface area (Å²) in [7, 11) is -2.26. The fourth-order valence-corrected chi connectivity index (χ4v) is 4.21. The van der Waals surface area contributed by atoms with E-state index in [2.05, 4.69) is 10.0 Å². The van der Waals surface area contributed by atoms with E-state index in [-0.39, 0.29) is 17.2 Å². The number of hydrogen-bond acceptors (Lipinski definition) is 4. The molecule has 6 nitrogen and oxygen atoms in total. The molecule has 3 aromatic rings. The van der Waals surface area contributed by atoms with Gasteiger partial charge in [0.25, 0.3) is 0 Å². The van der Waals surface area contributed by atoms with Crippen LogP contribution in [0.2, 0.25) is 0 Å². The monoisotopic (exact) mass is 424 g/mol. The SMILES string of the molecule is COc1cccc(NC(=O)C[C@@H](NS(=O)(=O)c2ccc(C)cc2)c2ccccc2)c1. The third-order valence-corrected chi connectivity index (χ3v) is 6.06. The van der Waals surface area contributed by atoms with Crippen molar-refractivity contribution in [2.24, 2.45) is 0 Å². The summed E-state index contributed by atoms with van der Waals surface area (Å²) in [6.07, 6.45) is -0.0632. The summed E-state index contributed by atoms with van der Waals surface area (Å²) in [6, 6.07) is 21.9. The molecule has 0 heterocycles. The molecule has 0 aliphatic carbocycles. The summed E-state index contributed by atoms with van der Waals surface area (Å²) in [4.78, 5) is 12.8. The minimum absolute atomic E-state index is 0.0632. The molecule has 3 rings (SSSR count). The van der Waals surface area contributed by atoms with Gasteiger partial charge in [0.15, 0.2) is 0 Å². The van der Waals surface area contributed by atoms with E-state index in [9.17, 15) is 13.2 Å². The van der Waals surface area contributed by atoms with E-state index in [4.69, 9.17) is 4.74 Å². The third-order valence-electron chi connectivity index (χ3n) is 4.57. The Morgan fingerprint density at radius 3 is 2.33 bits per heavy atom. The Balaban J connectivity index is 1.80. The van der Waals surface area contributed by atoms with Crippen LogP contribution in [0.4, 0.5) is 5.69 Å². The molecule has 7 heteroatoms. The second-order valence-corrected chi connectivity index (χ2v) is 8.60. The summed E-state index contributed by atoms with van der Waals surface area (Å²) in [5.74, 6) is 0.302. The summed E-state index contributed by atoms with van der Waals surface area (Å²) < 4.78 is 33.6. The van der Waals surface area contributed by atoms with Crippen molar-refractivity contribution in [1.82, 2.24) is 4.72 Å². The molecule has 2 N–H and O–H groups in total. The van der Waals surface area contributed by atoms with E-state index in [0.717, 1.165) is 5.56 Å². The van der Waals surface area contributed by atoms with Crippen LogP contribution in [-0.2, 0) is 14.8 Å². The number of anilines is 1. The number of nitrogens with one attached hydrogen (secondary N) is 2. The van der Waals surface area contributed by atoms with Gasteiger partial charge in [0.2, 0.25) is 15.9 Å². The molecule has 0 unspecified atom stereocenters. The maximum absolute atomic E-state index is 12.9. The van der Waals surface area contributed by atoms with E-state index >= 15 is 0 Å². The number of methoxy groups -OCH3 is 1. The van der Waals surface area contributed by atoms with E-state index in [1.165, 1.54) is 0 Å². The van der Waals surface area contributed by atoms with Crippen LogP contribution in [0.3, 0.4) is 0 Å². The Kier molecular flexibility index (Phi) is 6.87. The highest BCUT2D eigenvalue weighted by molar-refractivity contribution is 7.89. The molecule has 0 saturated heterocycles. The van der Waals surface area contributed by atoms with Crippen molar-refractivity contribution < 1.29 is 17.9 Å². The molecule has 0 fully saturated rings. The fraction of sp³-hybridized carbons (Fsp3) is 0.174. The molecule has 0 radical (unpaired) electrons. The summed E-state index contributed by atoms with van der Waals surface area (Å²) in [6.45, 7) is 1.89. The Bertz CT molecular complexity index is 1100. The molecule has 1 amide bonds. The van der Waals surface area contributed by atoms with Crippen molar-refractivity contribution in [2.45, 2.75) is 24.3 Å². The largest absolute Gasteiger partial charge is 0.497 e. The minimum Gasteiger partial charge on any atom is -0.497 e. The number of aryl methyl sites for hydroxylation is 1.